The highest BCUT2D eigenvalue weighted by molar-refractivity contribution is 7.90. The summed E-state index contributed by atoms with van der Waals surface area (Å²) in [6.45, 7) is 3.69. The van der Waals surface area contributed by atoms with Crippen LogP contribution in [0.4, 0.5) is 10.7 Å². The molecule has 4 rings (SSSR count). The Balaban J connectivity index is 1.24. The number of hydrogen-bond acceptors (Lipinski definition) is 9. The van der Waals surface area contributed by atoms with E-state index in [1.165, 1.54) is 6.26 Å². The van der Waals surface area contributed by atoms with E-state index < -0.39 is 9.84 Å². The quantitative estimate of drug-likeness (QED) is 0.630. The standard InChI is InChI=1S/C21H26N4O6S/c1-32(27,28)19-4-2-16(3-5-19)14-30-18-12-22-20(23-13-18)24-7-9-25(10-8-24)21(26)31-17-6-11-29-15-17/h2-5,12-13,17H,6-11,14-15H2,1H3. The summed E-state index contributed by atoms with van der Waals surface area (Å²) in [7, 11) is -3.22. The lowest BCUT2D eigenvalue weighted by Crippen LogP contribution is -2.50. The maximum atomic E-state index is 12.3. The molecule has 1 unspecified atom stereocenters. The van der Waals surface area contributed by atoms with Crippen LogP contribution in [0.1, 0.15) is 12.0 Å². The summed E-state index contributed by atoms with van der Waals surface area (Å²) >= 11 is 0. The number of carbonyl (C=O) groups excluding carboxylic acids is 1. The second-order valence-corrected chi connectivity index (χ2v) is 9.78. The van der Waals surface area contributed by atoms with Gasteiger partial charge < -0.3 is 24.0 Å². The zero-order valence-corrected chi connectivity index (χ0v) is 18.7. The van der Waals surface area contributed by atoms with Gasteiger partial charge in [0.2, 0.25) is 5.95 Å². The summed E-state index contributed by atoms with van der Waals surface area (Å²) in [6, 6.07) is 6.56. The number of benzene rings is 1. The van der Waals surface area contributed by atoms with E-state index in [1.54, 1.807) is 41.6 Å². The van der Waals surface area contributed by atoms with Crippen molar-refractivity contribution in [2.45, 2.75) is 24.0 Å². The first-order valence-electron chi connectivity index (χ1n) is 10.4. The number of hydrogen-bond donors (Lipinski definition) is 0. The van der Waals surface area contributed by atoms with E-state index in [0.717, 1.165) is 12.0 Å². The molecule has 2 saturated heterocycles. The second kappa shape index (κ2) is 9.70. The van der Waals surface area contributed by atoms with Crippen molar-refractivity contribution in [3.8, 4) is 5.75 Å². The first kappa shape index (κ1) is 22.3. The number of rotatable bonds is 6. The molecule has 10 nitrogen and oxygen atoms in total. The predicted molar refractivity (Wildman–Crippen MR) is 115 cm³/mol. The van der Waals surface area contributed by atoms with Gasteiger partial charge in [0.25, 0.3) is 0 Å². The van der Waals surface area contributed by atoms with Crippen LogP contribution in [0.25, 0.3) is 0 Å². The molecule has 1 aromatic heterocycles. The van der Waals surface area contributed by atoms with Crippen molar-refractivity contribution >= 4 is 21.9 Å². The molecule has 3 heterocycles. The summed E-state index contributed by atoms with van der Waals surface area (Å²) in [6.07, 6.45) is 4.69. The number of ether oxygens (including phenoxy) is 3. The van der Waals surface area contributed by atoms with Gasteiger partial charge in [0.1, 0.15) is 12.7 Å². The summed E-state index contributed by atoms with van der Waals surface area (Å²) < 4.78 is 39.4. The monoisotopic (exact) mass is 462 g/mol. The molecule has 0 saturated carbocycles. The molecule has 1 aromatic carbocycles. The van der Waals surface area contributed by atoms with Crippen LogP contribution in [-0.2, 0) is 25.9 Å². The van der Waals surface area contributed by atoms with E-state index in [1.807, 2.05) is 4.90 Å². The van der Waals surface area contributed by atoms with Crippen molar-refractivity contribution < 1.29 is 27.4 Å². The molecule has 2 aliphatic rings. The number of sulfone groups is 1. The van der Waals surface area contributed by atoms with E-state index >= 15 is 0 Å². The van der Waals surface area contributed by atoms with Crippen LogP contribution < -0.4 is 9.64 Å². The van der Waals surface area contributed by atoms with Crippen LogP contribution in [0.15, 0.2) is 41.6 Å². The van der Waals surface area contributed by atoms with E-state index in [-0.39, 0.29) is 23.7 Å². The molecule has 0 N–H and O–H groups in total. The van der Waals surface area contributed by atoms with Crippen LogP contribution in [0, 0.1) is 0 Å². The number of amides is 1. The predicted octanol–water partition coefficient (Wildman–Crippen LogP) is 1.51. The largest absolute Gasteiger partial charge is 0.486 e. The maximum absolute atomic E-state index is 12.3. The van der Waals surface area contributed by atoms with Crippen molar-refractivity contribution in [2.24, 2.45) is 0 Å². The summed E-state index contributed by atoms with van der Waals surface area (Å²) in [5.74, 6) is 1.09. The van der Waals surface area contributed by atoms with Crippen LogP contribution in [0.2, 0.25) is 0 Å². The van der Waals surface area contributed by atoms with Crippen LogP contribution in [0.5, 0.6) is 5.75 Å². The van der Waals surface area contributed by atoms with E-state index in [9.17, 15) is 13.2 Å². The van der Waals surface area contributed by atoms with Gasteiger partial charge in [-0.15, -0.1) is 0 Å². The van der Waals surface area contributed by atoms with Crippen LogP contribution in [-0.4, -0.2) is 81.1 Å². The maximum Gasteiger partial charge on any atom is 0.410 e. The highest BCUT2D eigenvalue weighted by Gasteiger charge is 2.27. The van der Waals surface area contributed by atoms with E-state index in [4.69, 9.17) is 14.2 Å². The number of nitrogens with zero attached hydrogens (tertiary/aromatic N) is 4. The van der Waals surface area contributed by atoms with Gasteiger partial charge in [0.05, 0.1) is 30.5 Å². The van der Waals surface area contributed by atoms with Gasteiger partial charge in [-0.3, -0.25) is 0 Å². The minimum Gasteiger partial charge on any atom is -0.486 e. The molecule has 32 heavy (non-hydrogen) atoms. The molecular weight excluding hydrogens is 436 g/mol. The molecule has 0 bridgehead atoms. The zero-order chi connectivity index (χ0) is 22.6. The molecule has 1 atom stereocenters. The van der Waals surface area contributed by atoms with Crippen molar-refractivity contribution in [3.05, 3.63) is 42.2 Å². The highest BCUT2D eigenvalue weighted by Crippen LogP contribution is 2.17. The van der Waals surface area contributed by atoms with Gasteiger partial charge in [-0.05, 0) is 17.7 Å². The zero-order valence-electron chi connectivity index (χ0n) is 17.8. The van der Waals surface area contributed by atoms with Gasteiger partial charge >= 0.3 is 6.09 Å². The van der Waals surface area contributed by atoms with Crippen molar-refractivity contribution in [1.29, 1.82) is 0 Å². The summed E-state index contributed by atoms with van der Waals surface area (Å²) in [4.78, 5) is 25.0. The lowest BCUT2D eigenvalue weighted by molar-refractivity contribution is 0.0533. The topological polar surface area (TPSA) is 111 Å². The molecule has 11 heteroatoms. The Morgan fingerprint density at radius 3 is 2.41 bits per heavy atom. The fraction of sp³-hybridized carbons (Fsp3) is 0.476. The van der Waals surface area contributed by atoms with Gasteiger partial charge in [-0.1, -0.05) is 12.1 Å². The molecule has 2 aromatic rings. The molecule has 0 spiro atoms. The molecular formula is C21H26N4O6S. The second-order valence-electron chi connectivity index (χ2n) is 7.77. The Bertz CT molecular complexity index is 1020. The first-order valence-corrected chi connectivity index (χ1v) is 12.3. The van der Waals surface area contributed by atoms with Gasteiger partial charge in [0, 0.05) is 38.9 Å². The van der Waals surface area contributed by atoms with Gasteiger partial charge in [-0.25, -0.2) is 23.2 Å². The van der Waals surface area contributed by atoms with E-state index in [2.05, 4.69) is 9.97 Å². The van der Waals surface area contributed by atoms with Gasteiger partial charge in [-0.2, -0.15) is 0 Å². The Kier molecular flexibility index (Phi) is 6.75. The fourth-order valence-corrected chi connectivity index (χ4v) is 4.09. The van der Waals surface area contributed by atoms with Crippen molar-refractivity contribution in [3.63, 3.8) is 0 Å². The number of piperazine rings is 1. The molecule has 2 aliphatic heterocycles. The minimum absolute atomic E-state index is 0.144. The van der Waals surface area contributed by atoms with Crippen LogP contribution >= 0.6 is 0 Å². The summed E-state index contributed by atoms with van der Waals surface area (Å²) in [5, 5.41) is 0. The lowest BCUT2D eigenvalue weighted by Gasteiger charge is -2.34. The third-order valence-electron chi connectivity index (χ3n) is 5.35. The minimum atomic E-state index is -3.22. The van der Waals surface area contributed by atoms with E-state index in [0.29, 0.717) is 51.1 Å². The fourth-order valence-electron chi connectivity index (χ4n) is 3.46. The molecule has 2 fully saturated rings. The Morgan fingerprint density at radius 1 is 1.12 bits per heavy atom. The Labute approximate surface area is 187 Å². The van der Waals surface area contributed by atoms with Crippen molar-refractivity contribution in [2.75, 3.05) is 50.5 Å². The molecule has 0 aliphatic carbocycles. The molecule has 1 amide bonds. The lowest BCUT2D eigenvalue weighted by atomic mass is 10.2. The number of carbonyl (C=O) groups is 1. The normalized spacial score (nSPS) is 19.1. The third-order valence-corrected chi connectivity index (χ3v) is 6.48. The Hall–Kier alpha value is -2.92. The van der Waals surface area contributed by atoms with Crippen LogP contribution in [0.3, 0.4) is 0 Å². The van der Waals surface area contributed by atoms with Gasteiger partial charge in [0.15, 0.2) is 15.6 Å². The van der Waals surface area contributed by atoms with Crippen molar-refractivity contribution in [1.82, 2.24) is 14.9 Å². The summed E-state index contributed by atoms with van der Waals surface area (Å²) in [5.41, 5.74) is 0.841. The number of aromatic nitrogens is 2. The highest BCUT2D eigenvalue weighted by atomic mass is 32.2. The average Bonchev–Trinajstić information content (AvgIpc) is 3.31. The SMILES string of the molecule is CS(=O)(=O)c1ccc(COc2cnc(N3CCN(C(=O)OC4CCOC4)CC3)nc2)cc1. The molecule has 0 radical (unpaired) electrons. The smallest absolute Gasteiger partial charge is 0.410 e. The molecule has 172 valence electrons. The third kappa shape index (κ3) is 5.65. The number of anilines is 1. The Morgan fingerprint density at radius 2 is 1.81 bits per heavy atom. The first-order chi connectivity index (χ1) is 15.4. The average molecular weight is 463 g/mol.